The van der Waals surface area contributed by atoms with Gasteiger partial charge in [0.05, 0.1) is 0 Å². The Balaban J connectivity index is 2.56. The van der Waals surface area contributed by atoms with E-state index in [4.69, 9.17) is 4.74 Å². The van der Waals surface area contributed by atoms with Crippen molar-refractivity contribution >= 4 is 10.1 Å². The largest absolute Gasteiger partial charge is 0.534 e. The maximum absolute atomic E-state index is 12.0. The summed E-state index contributed by atoms with van der Waals surface area (Å²) < 4.78 is 66.1. The monoisotopic (exact) mass is 296 g/mol. The molecular formula is C11H11F3O4S. The van der Waals surface area contributed by atoms with Crippen molar-refractivity contribution in [2.24, 2.45) is 0 Å². The summed E-state index contributed by atoms with van der Waals surface area (Å²) in [5, 5.41) is 0. The lowest BCUT2D eigenvalue weighted by Crippen LogP contribution is -2.26. The first-order chi connectivity index (χ1) is 8.62. The second kappa shape index (κ2) is 5.52. The molecule has 0 fully saturated rings. The van der Waals surface area contributed by atoms with E-state index in [1.165, 1.54) is 0 Å². The summed E-state index contributed by atoms with van der Waals surface area (Å²) >= 11 is 0. The van der Waals surface area contributed by atoms with Gasteiger partial charge < -0.3 is 8.92 Å². The van der Waals surface area contributed by atoms with E-state index in [1.807, 2.05) is 6.92 Å². The molecule has 8 heteroatoms. The standard InChI is InChI=1S/C11H11F3O4S/c1-8-3-5-10(6-4-8)17-7-9(2)18-19(15,16)11(12,13)14/h3-6H,2,7H2,1H3. The first-order valence-corrected chi connectivity index (χ1v) is 6.40. The highest BCUT2D eigenvalue weighted by Gasteiger charge is 2.48. The molecule has 0 atom stereocenters. The Bertz CT molecular complexity index is 546. The third-order valence-electron chi connectivity index (χ3n) is 1.93. The van der Waals surface area contributed by atoms with Crippen LogP contribution in [0.25, 0.3) is 0 Å². The smallest absolute Gasteiger partial charge is 0.486 e. The molecule has 0 aliphatic rings. The quantitative estimate of drug-likeness (QED) is 0.476. The van der Waals surface area contributed by atoms with Crippen molar-refractivity contribution in [2.45, 2.75) is 12.4 Å². The number of rotatable bonds is 5. The Kier molecular flexibility index (Phi) is 4.46. The van der Waals surface area contributed by atoms with Crippen LogP contribution in [0.5, 0.6) is 5.75 Å². The molecule has 19 heavy (non-hydrogen) atoms. The fraction of sp³-hybridized carbons (Fsp3) is 0.273. The summed E-state index contributed by atoms with van der Waals surface area (Å²) in [4.78, 5) is 0. The molecule has 0 bridgehead atoms. The summed E-state index contributed by atoms with van der Waals surface area (Å²) in [6.45, 7) is 4.41. The van der Waals surface area contributed by atoms with Gasteiger partial charge >= 0.3 is 15.6 Å². The summed E-state index contributed by atoms with van der Waals surface area (Å²) in [6, 6.07) is 6.62. The molecule has 0 aromatic heterocycles. The normalized spacial score (nSPS) is 12.0. The zero-order chi connectivity index (χ0) is 14.7. The van der Waals surface area contributed by atoms with E-state index >= 15 is 0 Å². The van der Waals surface area contributed by atoms with Crippen LogP contribution in [-0.4, -0.2) is 20.5 Å². The third-order valence-corrected chi connectivity index (χ3v) is 2.95. The Hall–Kier alpha value is -1.70. The number of alkyl halides is 3. The van der Waals surface area contributed by atoms with Crippen LogP contribution < -0.4 is 4.74 Å². The maximum atomic E-state index is 12.0. The van der Waals surface area contributed by atoms with Gasteiger partial charge in [0, 0.05) is 0 Å². The molecule has 1 aromatic carbocycles. The van der Waals surface area contributed by atoms with Gasteiger partial charge in [-0.2, -0.15) is 21.6 Å². The minimum Gasteiger partial charge on any atom is -0.486 e. The number of benzene rings is 1. The number of aryl methyl sites for hydroxylation is 1. The van der Waals surface area contributed by atoms with Crippen molar-refractivity contribution in [2.75, 3.05) is 6.61 Å². The SMILES string of the molecule is C=C(COc1ccc(C)cc1)OS(=O)(=O)C(F)(F)F. The van der Waals surface area contributed by atoms with E-state index in [0.717, 1.165) is 5.56 Å². The number of ether oxygens (including phenoxy) is 1. The molecule has 106 valence electrons. The Labute approximate surface area is 108 Å². The highest BCUT2D eigenvalue weighted by molar-refractivity contribution is 7.87. The lowest BCUT2D eigenvalue weighted by atomic mass is 10.2. The maximum Gasteiger partial charge on any atom is 0.534 e. The van der Waals surface area contributed by atoms with Crippen molar-refractivity contribution in [1.82, 2.24) is 0 Å². The molecule has 1 rings (SSSR count). The summed E-state index contributed by atoms with van der Waals surface area (Å²) in [5.41, 5.74) is -4.51. The molecule has 1 aromatic rings. The average Bonchev–Trinajstić information content (AvgIpc) is 2.26. The topological polar surface area (TPSA) is 52.6 Å². The van der Waals surface area contributed by atoms with Crippen molar-refractivity contribution in [3.8, 4) is 5.75 Å². The van der Waals surface area contributed by atoms with Gasteiger partial charge in [0.1, 0.15) is 18.1 Å². The van der Waals surface area contributed by atoms with Crippen LogP contribution >= 0.6 is 0 Å². The van der Waals surface area contributed by atoms with Crippen molar-refractivity contribution in [1.29, 1.82) is 0 Å². The lowest BCUT2D eigenvalue weighted by molar-refractivity contribution is -0.0525. The van der Waals surface area contributed by atoms with Gasteiger partial charge in [-0.25, -0.2) is 0 Å². The average molecular weight is 296 g/mol. The Morgan fingerprint density at radius 3 is 2.26 bits per heavy atom. The molecule has 0 spiro atoms. The van der Waals surface area contributed by atoms with E-state index in [1.54, 1.807) is 24.3 Å². The van der Waals surface area contributed by atoms with Crippen LogP contribution in [0.15, 0.2) is 36.6 Å². The molecule has 0 unspecified atom stereocenters. The zero-order valence-electron chi connectivity index (χ0n) is 9.90. The van der Waals surface area contributed by atoms with Crippen LogP contribution in [-0.2, 0) is 14.3 Å². The minimum atomic E-state index is -5.69. The molecule has 0 N–H and O–H groups in total. The zero-order valence-corrected chi connectivity index (χ0v) is 10.7. The Morgan fingerprint density at radius 2 is 1.79 bits per heavy atom. The van der Waals surface area contributed by atoms with Crippen molar-refractivity contribution < 1.29 is 30.5 Å². The predicted molar refractivity (Wildman–Crippen MR) is 61.9 cm³/mol. The first kappa shape index (κ1) is 15.4. The molecule has 0 aliphatic heterocycles. The summed E-state index contributed by atoms with van der Waals surface area (Å²) in [5.74, 6) is -0.294. The van der Waals surface area contributed by atoms with Gasteiger partial charge in [0.15, 0.2) is 0 Å². The number of hydrogen-bond donors (Lipinski definition) is 0. The minimum absolute atomic E-state index is 0.361. The molecule has 4 nitrogen and oxygen atoms in total. The lowest BCUT2D eigenvalue weighted by Gasteiger charge is -2.12. The molecule has 0 saturated heterocycles. The molecule has 0 aliphatic carbocycles. The van der Waals surface area contributed by atoms with Gasteiger partial charge in [-0.1, -0.05) is 24.3 Å². The summed E-state index contributed by atoms with van der Waals surface area (Å²) in [7, 11) is -5.69. The second-order valence-electron chi connectivity index (χ2n) is 3.62. The predicted octanol–water partition coefficient (Wildman–Crippen LogP) is 2.75. The number of halogens is 3. The van der Waals surface area contributed by atoms with Gasteiger partial charge in [-0.3, -0.25) is 0 Å². The van der Waals surface area contributed by atoms with Gasteiger partial charge in [-0.15, -0.1) is 0 Å². The Morgan fingerprint density at radius 1 is 1.26 bits per heavy atom. The highest BCUT2D eigenvalue weighted by atomic mass is 32.2. The van der Waals surface area contributed by atoms with Gasteiger partial charge in [0.2, 0.25) is 0 Å². The van der Waals surface area contributed by atoms with E-state index < -0.39 is 28.0 Å². The van der Waals surface area contributed by atoms with Crippen LogP contribution in [0.1, 0.15) is 5.56 Å². The fourth-order valence-electron chi connectivity index (χ4n) is 1.02. The van der Waals surface area contributed by atoms with Gasteiger partial charge in [0.25, 0.3) is 0 Å². The van der Waals surface area contributed by atoms with Crippen LogP contribution in [0.4, 0.5) is 13.2 Å². The van der Waals surface area contributed by atoms with E-state index in [9.17, 15) is 21.6 Å². The molecule has 0 heterocycles. The highest BCUT2D eigenvalue weighted by Crippen LogP contribution is 2.26. The second-order valence-corrected chi connectivity index (χ2v) is 5.16. The first-order valence-electron chi connectivity index (χ1n) is 5.00. The third kappa shape index (κ3) is 4.47. The molecular weight excluding hydrogens is 285 g/mol. The van der Waals surface area contributed by atoms with Crippen molar-refractivity contribution in [3.63, 3.8) is 0 Å². The van der Waals surface area contributed by atoms with E-state index in [2.05, 4.69) is 10.8 Å². The van der Waals surface area contributed by atoms with Crippen LogP contribution in [0.3, 0.4) is 0 Å². The van der Waals surface area contributed by atoms with E-state index in [-0.39, 0.29) is 0 Å². The van der Waals surface area contributed by atoms with Gasteiger partial charge in [-0.05, 0) is 19.1 Å². The van der Waals surface area contributed by atoms with Crippen molar-refractivity contribution in [3.05, 3.63) is 42.2 Å². The fourth-order valence-corrected chi connectivity index (χ4v) is 1.48. The molecule has 0 saturated carbocycles. The number of hydrogen-bond acceptors (Lipinski definition) is 4. The van der Waals surface area contributed by atoms with E-state index in [0.29, 0.717) is 5.75 Å². The molecule has 0 radical (unpaired) electrons. The van der Waals surface area contributed by atoms with Crippen LogP contribution in [0, 0.1) is 6.92 Å². The van der Waals surface area contributed by atoms with Crippen LogP contribution in [0.2, 0.25) is 0 Å². The summed E-state index contributed by atoms with van der Waals surface area (Å²) in [6.07, 6.45) is 0. The molecule has 0 amide bonds.